The minimum atomic E-state index is -0.819. The van der Waals surface area contributed by atoms with E-state index in [0.717, 1.165) is 5.69 Å². The van der Waals surface area contributed by atoms with Gasteiger partial charge in [0.1, 0.15) is 24.0 Å². The van der Waals surface area contributed by atoms with Gasteiger partial charge in [-0.15, -0.1) is 5.10 Å². The Labute approximate surface area is 199 Å². The zero-order chi connectivity index (χ0) is 24.7. The van der Waals surface area contributed by atoms with Crippen molar-refractivity contribution in [1.82, 2.24) is 34.5 Å². The third kappa shape index (κ3) is 4.07. The van der Waals surface area contributed by atoms with Crippen LogP contribution in [0.3, 0.4) is 0 Å². The first-order valence-electron chi connectivity index (χ1n) is 10.7. The lowest BCUT2D eigenvalue weighted by Crippen LogP contribution is -2.11. The van der Waals surface area contributed by atoms with Crippen molar-refractivity contribution < 1.29 is 9.50 Å². The maximum absolute atomic E-state index is 14.8. The van der Waals surface area contributed by atoms with Gasteiger partial charge < -0.3 is 10.4 Å². The van der Waals surface area contributed by atoms with Crippen molar-refractivity contribution in [1.29, 1.82) is 5.26 Å². The Hall–Kier alpha value is -4.69. The number of nitrogens with zero attached hydrogens (tertiary/aromatic N) is 8. The maximum Gasteiger partial charge on any atom is 0.163 e. The number of aliphatic hydroxyl groups excluding tert-OH is 1. The van der Waals surface area contributed by atoms with E-state index in [1.807, 2.05) is 13.0 Å². The van der Waals surface area contributed by atoms with Gasteiger partial charge in [-0.1, -0.05) is 0 Å². The van der Waals surface area contributed by atoms with E-state index in [2.05, 4.69) is 25.6 Å². The molecule has 1 unspecified atom stereocenters. The number of nitrogens with one attached hydrogen (secondary N) is 1. The average molecular weight is 469 g/mol. The first-order chi connectivity index (χ1) is 16.8. The van der Waals surface area contributed by atoms with E-state index in [-0.39, 0.29) is 11.4 Å². The lowest BCUT2D eigenvalue weighted by atomic mass is 10.1. The van der Waals surface area contributed by atoms with E-state index in [1.165, 1.54) is 10.7 Å². The molecule has 35 heavy (non-hydrogen) atoms. The molecule has 5 rings (SSSR count). The normalized spacial score (nSPS) is 12.0. The summed E-state index contributed by atoms with van der Waals surface area (Å²) >= 11 is 0. The molecule has 0 saturated heterocycles. The molecule has 4 aromatic heterocycles. The Morgan fingerprint density at radius 2 is 1.94 bits per heavy atom. The molecule has 0 spiro atoms. The van der Waals surface area contributed by atoms with Gasteiger partial charge in [0.05, 0.1) is 28.5 Å². The van der Waals surface area contributed by atoms with Gasteiger partial charge >= 0.3 is 0 Å². The van der Waals surface area contributed by atoms with Crippen molar-refractivity contribution in [2.45, 2.75) is 26.9 Å². The van der Waals surface area contributed by atoms with Crippen molar-refractivity contribution >= 4 is 22.5 Å². The van der Waals surface area contributed by atoms with Crippen molar-refractivity contribution in [3.63, 3.8) is 0 Å². The molecule has 5 aromatic rings. The number of aromatic nitrogens is 7. The predicted molar refractivity (Wildman–Crippen MR) is 126 cm³/mol. The number of anilines is 2. The van der Waals surface area contributed by atoms with Crippen LogP contribution in [-0.4, -0.2) is 39.6 Å². The van der Waals surface area contributed by atoms with Crippen LogP contribution in [-0.2, 0) is 0 Å². The van der Waals surface area contributed by atoms with E-state index >= 15 is 0 Å². The van der Waals surface area contributed by atoms with Gasteiger partial charge in [-0.25, -0.2) is 19.0 Å². The number of aliphatic hydroxyl groups is 1. The minimum absolute atomic E-state index is 0.208. The Balaban J connectivity index is 1.62. The van der Waals surface area contributed by atoms with Gasteiger partial charge in [-0.05, 0) is 57.2 Å². The van der Waals surface area contributed by atoms with Crippen LogP contribution in [0, 0.1) is 31.0 Å². The van der Waals surface area contributed by atoms with Gasteiger partial charge in [0, 0.05) is 17.3 Å². The molecule has 0 fully saturated rings. The number of rotatable bonds is 5. The molecule has 0 aliphatic heterocycles. The number of halogens is 1. The van der Waals surface area contributed by atoms with Crippen LogP contribution in [0.4, 0.5) is 15.9 Å². The minimum Gasteiger partial charge on any atom is -0.389 e. The molecular weight excluding hydrogens is 449 g/mol. The summed E-state index contributed by atoms with van der Waals surface area (Å²) < 4.78 is 18.0. The van der Waals surface area contributed by atoms with Crippen LogP contribution in [0.15, 0.2) is 48.8 Å². The van der Waals surface area contributed by atoms with Crippen LogP contribution in [0.1, 0.15) is 35.7 Å². The fourth-order valence-corrected chi connectivity index (χ4v) is 3.73. The van der Waals surface area contributed by atoms with Crippen LogP contribution >= 0.6 is 0 Å². The lowest BCUT2D eigenvalue weighted by molar-refractivity contribution is 0.198. The summed E-state index contributed by atoms with van der Waals surface area (Å²) in [6, 6.07) is 13.6. The van der Waals surface area contributed by atoms with Crippen LogP contribution < -0.4 is 5.32 Å². The van der Waals surface area contributed by atoms with Crippen LogP contribution in [0.25, 0.3) is 22.7 Å². The molecule has 0 saturated carbocycles. The molecule has 0 amide bonds. The van der Waals surface area contributed by atoms with Crippen LogP contribution in [0.2, 0.25) is 0 Å². The van der Waals surface area contributed by atoms with E-state index in [0.29, 0.717) is 39.7 Å². The van der Waals surface area contributed by atoms with Crippen molar-refractivity contribution in [3.05, 3.63) is 77.3 Å². The quantitative estimate of drug-likeness (QED) is 0.397. The average Bonchev–Trinajstić information content (AvgIpc) is 3.43. The molecule has 4 heterocycles. The molecule has 11 heteroatoms. The Morgan fingerprint density at radius 1 is 1.11 bits per heavy atom. The maximum atomic E-state index is 14.8. The van der Waals surface area contributed by atoms with E-state index < -0.39 is 11.9 Å². The third-order valence-electron chi connectivity index (χ3n) is 5.49. The Morgan fingerprint density at radius 3 is 2.63 bits per heavy atom. The summed E-state index contributed by atoms with van der Waals surface area (Å²) in [6.07, 6.45) is 0.727. The lowest BCUT2D eigenvalue weighted by Gasteiger charge is -2.15. The first-order valence-corrected chi connectivity index (χ1v) is 10.7. The zero-order valence-corrected chi connectivity index (χ0v) is 19.1. The monoisotopic (exact) mass is 469 g/mol. The fourth-order valence-electron chi connectivity index (χ4n) is 3.73. The second-order valence-electron chi connectivity index (χ2n) is 8.07. The highest BCUT2D eigenvalue weighted by molar-refractivity contribution is 5.82. The number of fused-ring (bicyclic) bond motifs is 1. The van der Waals surface area contributed by atoms with Crippen LogP contribution in [0.5, 0.6) is 0 Å². The van der Waals surface area contributed by atoms with E-state index in [1.54, 1.807) is 61.1 Å². The molecule has 2 N–H and O–H groups in total. The molecule has 1 aromatic carbocycles. The van der Waals surface area contributed by atoms with Gasteiger partial charge in [0.15, 0.2) is 17.3 Å². The Kier molecular flexibility index (Phi) is 5.43. The summed E-state index contributed by atoms with van der Waals surface area (Å²) in [7, 11) is 0. The number of imidazole rings is 1. The molecule has 0 bridgehead atoms. The summed E-state index contributed by atoms with van der Waals surface area (Å²) in [5, 5.41) is 34.8. The van der Waals surface area contributed by atoms with Crippen molar-refractivity contribution in [2.24, 2.45) is 0 Å². The number of hydrogen-bond donors (Lipinski definition) is 2. The molecule has 0 radical (unpaired) electrons. The number of pyridine rings is 1. The predicted octanol–water partition coefficient (Wildman–Crippen LogP) is 3.82. The van der Waals surface area contributed by atoms with Gasteiger partial charge in [-0.2, -0.15) is 15.5 Å². The van der Waals surface area contributed by atoms with Gasteiger partial charge in [0.2, 0.25) is 0 Å². The third-order valence-corrected chi connectivity index (χ3v) is 5.49. The summed E-state index contributed by atoms with van der Waals surface area (Å²) in [5.41, 5.74) is 3.47. The summed E-state index contributed by atoms with van der Waals surface area (Å²) in [6.45, 7) is 5.25. The highest BCUT2D eigenvalue weighted by Crippen LogP contribution is 2.28. The molecule has 0 aliphatic carbocycles. The van der Waals surface area contributed by atoms with Gasteiger partial charge in [0.25, 0.3) is 0 Å². The Bertz CT molecular complexity index is 1600. The zero-order valence-electron chi connectivity index (χ0n) is 19.1. The molecule has 174 valence electrons. The molecule has 1 atom stereocenters. The van der Waals surface area contributed by atoms with Gasteiger partial charge in [-0.3, -0.25) is 4.57 Å². The fraction of sp³-hybridized carbons (Fsp3) is 0.167. The highest BCUT2D eigenvalue weighted by Gasteiger charge is 2.18. The second kappa shape index (κ2) is 8.58. The number of nitriles is 1. The van der Waals surface area contributed by atoms with Crippen molar-refractivity contribution in [3.8, 4) is 17.7 Å². The summed E-state index contributed by atoms with van der Waals surface area (Å²) in [4.78, 5) is 9.05. The van der Waals surface area contributed by atoms with Crippen molar-refractivity contribution in [2.75, 3.05) is 5.32 Å². The summed E-state index contributed by atoms with van der Waals surface area (Å²) in [5.74, 6) is 0.783. The molecule has 10 nitrogen and oxygen atoms in total. The largest absolute Gasteiger partial charge is 0.389 e. The van der Waals surface area contributed by atoms with E-state index in [4.69, 9.17) is 4.98 Å². The number of hydrogen-bond acceptors (Lipinski definition) is 8. The van der Waals surface area contributed by atoms with E-state index in [9.17, 15) is 14.8 Å². The number of benzene rings is 1. The molecule has 0 aliphatic rings. The topological polar surface area (TPSA) is 130 Å². The first kappa shape index (κ1) is 22.1. The SMILES string of the molecule is Cc1ccc(Nc2cc3c(cc2F)ncn3-c2ccc(C(C)O)c(-n3nc(C#N)cc3C)n2)nn1. The smallest absolute Gasteiger partial charge is 0.163 e. The standard InChI is InChI=1S/C24H20FN9O/c1-13-4-6-22(31-30-13)28-19-10-21-20(9-18(19)25)27-12-33(21)23-7-5-17(15(3)35)24(29-23)34-14(2)8-16(11-26)32-34/h4-10,12,15,35H,1-3H3,(H,28,31). The number of aryl methyl sites for hydroxylation is 2. The molecular formula is C24H20FN9O. The highest BCUT2D eigenvalue weighted by atomic mass is 19.1. The second-order valence-corrected chi connectivity index (χ2v) is 8.07.